The van der Waals surface area contributed by atoms with Crippen LogP contribution in [0.25, 0.3) is 11.0 Å². The number of hydrogen-bond acceptors (Lipinski definition) is 3. The van der Waals surface area contributed by atoms with Crippen LogP contribution < -0.4 is 11.3 Å². The molecule has 0 aliphatic carbocycles. The molecule has 0 amide bonds. The molecule has 0 spiro atoms. The Labute approximate surface area is 153 Å². The Balaban J connectivity index is 0.00000208. The van der Waals surface area contributed by atoms with E-state index in [9.17, 15) is 4.79 Å². The number of aromatic nitrogens is 2. The minimum atomic E-state index is -0.101. The first-order chi connectivity index (χ1) is 11.0. The van der Waals surface area contributed by atoms with Gasteiger partial charge in [0.05, 0.1) is 11.0 Å². The van der Waals surface area contributed by atoms with Gasteiger partial charge in [0.25, 0.3) is 5.56 Å². The Morgan fingerprint density at radius 1 is 1.25 bits per heavy atom. The second-order valence-corrected chi connectivity index (χ2v) is 6.26. The van der Waals surface area contributed by atoms with Crippen molar-refractivity contribution in [2.24, 2.45) is 12.8 Å². The van der Waals surface area contributed by atoms with Crippen molar-refractivity contribution in [3.05, 3.63) is 74.1 Å². The van der Waals surface area contributed by atoms with Gasteiger partial charge in [-0.2, -0.15) is 0 Å². The Morgan fingerprint density at radius 2 is 1.92 bits per heavy atom. The second kappa shape index (κ2) is 7.15. The molecule has 3 N–H and O–H groups in total. The van der Waals surface area contributed by atoms with Crippen molar-refractivity contribution in [1.29, 1.82) is 5.41 Å². The van der Waals surface area contributed by atoms with Crippen molar-refractivity contribution in [3.63, 3.8) is 0 Å². The number of hydrogen-bond donors (Lipinski definition) is 2. The number of rotatable bonds is 3. The molecule has 0 saturated heterocycles. The van der Waals surface area contributed by atoms with E-state index < -0.39 is 0 Å². The lowest BCUT2D eigenvalue weighted by atomic mass is 10.1. The van der Waals surface area contributed by atoms with Gasteiger partial charge < -0.3 is 10.3 Å². The number of fused-ring (bicyclic) bond motifs is 1. The molecule has 124 valence electrons. The number of benzene rings is 2. The van der Waals surface area contributed by atoms with Gasteiger partial charge in [-0.05, 0) is 23.8 Å². The van der Waals surface area contributed by atoms with Crippen LogP contribution in [0.15, 0.2) is 51.7 Å². The zero-order valence-corrected chi connectivity index (χ0v) is 15.3. The monoisotopic (exact) mass is 406 g/mol. The van der Waals surface area contributed by atoms with Crippen molar-refractivity contribution >= 4 is 45.2 Å². The van der Waals surface area contributed by atoms with E-state index in [0.717, 1.165) is 21.1 Å². The number of nitrogens with two attached hydrogens (primary N) is 1. The molecular formula is C17H16BrClN4O. The lowest BCUT2D eigenvalue weighted by molar-refractivity contribution is 0.855. The van der Waals surface area contributed by atoms with Gasteiger partial charge in [-0.3, -0.25) is 10.2 Å². The number of nitrogen functional groups attached to an aromatic ring is 1. The second-order valence-electron chi connectivity index (χ2n) is 5.34. The highest BCUT2D eigenvalue weighted by atomic mass is 79.9. The molecule has 3 rings (SSSR count). The molecule has 0 aliphatic rings. The summed E-state index contributed by atoms with van der Waals surface area (Å²) in [5, 5.41) is 7.41. The molecule has 0 saturated carbocycles. The van der Waals surface area contributed by atoms with E-state index in [1.165, 1.54) is 0 Å². The quantitative estimate of drug-likeness (QED) is 0.517. The first kappa shape index (κ1) is 18.2. The molecule has 1 aromatic heterocycles. The predicted molar refractivity (Wildman–Crippen MR) is 102 cm³/mol. The number of halogens is 2. The molecule has 7 heteroatoms. The third kappa shape index (κ3) is 3.49. The van der Waals surface area contributed by atoms with Crippen molar-refractivity contribution in [2.45, 2.75) is 6.42 Å². The molecule has 1 heterocycles. The summed E-state index contributed by atoms with van der Waals surface area (Å²) in [4.78, 5) is 17.0. The highest BCUT2D eigenvalue weighted by Crippen LogP contribution is 2.17. The van der Waals surface area contributed by atoms with Crippen LogP contribution in [-0.4, -0.2) is 15.4 Å². The van der Waals surface area contributed by atoms with E-state index in [1.54, 1.807) is 23.7 Å². The maximum Gasteiger partial charge on any atom is 0.272 e. The van der Waals surface area contributed by atoms with Gasteiger partial charge in [0.15, 0.2) is 0 Å². The lowest BCUT2D eigenvalue weighted by Crippen LogP contribution is -2.23. The summed E-state index contributed by atoms with van der Waals surface area (Å²) >= 11 is 3.43. The van der Waals surface area contributed by atoms with E-state index in [-0.39, 0.29) is 23.8 Å². The van der Waals surface area contributed by atoms with Gasteiger partial charge in [0.1, 0.15) is 11.5 Å². The van der Waals surface area contributed by atoms with Crippen LogP contribution in [0, 0.1) is 5.41 Å². The van der Waals surface area contributed by atoms with Crippen LogP contribution >= 0.6 is 28.3 Å². The van der Waals surface area contributed by atoms with E-state index in [0.29, 0.717) is 17.7 Å². The summed E-state index contributed by atoms with van der Waals surface area (Å²) in [6.45, 7) is 0. The lowest BCUT2D eigenvalue weighted by Gasteiger charge is -2.09. The molecule has 2 aromatic carbocycles. The van der Waals surface area contributed by atoms with Crippen molar-refractivity contribution < 1.29 is 0 Å². The highest BCUT2D eigenvalue weighted by molar-refractivity contribution is 9.10. The molecule has 0 aliphatic heterocycles. The van der Waals surface area contributed by atoms with Crippen LogP contribution in [-0.2, 0) is 13.5 Å². The minimum absolute atomic E-state index is 0. The maximum absolute atomic E-state index is 12.5. The summed E-state index contributed by atoms with van der Waals surface area (Å²) < 4.78 is 2.54. The number of nitrogens with zero attached hydrogens (tertiary/aromatic N) is 2. The topological polar surface area (TPSA) is 84.8 Å². The van der Waals surface area contributed by atoms with Crippen LogP contribution in [0.3, 0.4) is 0 Å². The van der Waals surface area contributed by atoms with Gasteiger partial charge >= 0.3 is 0 Å². The van der Waals surface area contributed by atoms with Gasteiger partial charge in [-0.1, -0.05) is 40.2 Å². The van der Waals surface area contributed by atoms with E-state index in [1.807, 2.05) is 30.3 Å². The summed E-state index contributed by atoms with van der Waals surface area (Å²) in [6, 6.07) is 12.9. The average molecular weight is 408 g/mol. The molecule has 0 atom stereocenters. The van der Waals surface area contributed by atoms with Gasteiger partial charge in [-0.15, -0.1) is 12.4 Å². The van der Waals surface area contributed by atoms with Crippen LogP contribution in [0.1, 0.15) is 16.8 Å². The first-order valence-corrected chi connectivity index (χ1v) is 7.83. The molecule has 24 heavy (non-hydrogen) atoms. The minimum Gasteiger partial charge on any atom is -0.384 e. The fraction of sp³-hybridized carbons (Fsp3) is 0.118. The molecule has 0 bridgehead atoms. The summed E-state index contributed by atoms with van der Waals surface area (Å²) in [7, 11) is 1.75. The van der Waals surface area contributed by atoms with Crippen LogP contribution in [0.4, 0.5) is 0 Å². The van der Waals surface area contributed by atoms with E-state index in [4.69, 9.17) is 11.1 Å². The summed E-state index contributed by atoms with van der Waals surface area (Å²) in [6.07, 6.45) is 0.438. The molecule has 0 radical (unpaired) electrons. The number of nitrogens with one attached hydrogen (secondary N) is 1. The van der Waals surface area contributed by atoms with Gasteiger partial charge in [-0.25, -0.2) is 4.98 Å². The fourth-order valence-corrected chi connectivity index (χ4v) is 2.83. The normalized spacial score (nSPS) is 10.4. The van der Waals surface area contributed by atoms with E-state index >= 15 is 0 Å². The maximum atomic E-state index is 12.5. The van der Waals surface area contributed by atoms with Gasteiger partial charge in [0.2, 0.25) is 0 Å². The summed E-state index contributed by atoms with van der Waals surface area (Å²) in [5.41, 5.74) is 9.03. The third-order valence-electron chi connectivity index (χ3n) is 3.74. The zero-order valence-electron chi connectivity index (χ0n) is 12.9. The molecule has 0 fully saturated rings. The Morgan fingerprint density at radius 3 is 2.54 bits per heavy atom. The number of aryl methyl sites for hydroxylation is 1. The van der Waals surface area contributed by atoms with Gasteiger partial charge in [0, 0.05) is 23.5 Å². The Kier molecular flexibility index (Phi) is 5.41. The Bertz CT molecular complexity index is 967. The largest absolute Gasteiger partial charge is 0.384 e. The van der Waals surface area contributed by atoms with Crippen LogP contribution in [0.5, 0.6) is 0 Å². The molecule has 5 nitrogen and oxygen atoms in total. The number of amidine groups is 1. The Hall–Kier alpha value is -2.18. The molecule has 3 aromatic rings. The predicted octanol–water partition coefficient (Wildman–Crippen LogP) is 2.99. The fourth-order valence-electron chi connectivity index (χ4n) is 2.48. The third-order valence-corrected chi connectivity index (χ3v) is 4.24. The molecular weight excluding hydrogens is 392 g/mol. The van der Waals surface area contributed by atoms with Crippen molar-refractivity contribution in [1.82, 2.24) is 9.55 Å². The first-order valence-electron chi connectivity index (χ1n) is 7.04. The average Bonchev–Trinajstić information content (AvgIpc) is 2.52. The summed E-state index contributed by atoms with van der Waals surface area (Å²) in [5.74, 6) is 0.0288. The smallest absolute Gasteiger partial charge is 0.272 e. The standard InChI is InChI=1S/C17H15BrN4O.ClH/c1-22-15-7-6-12(18)9-13(15)21-14(17(22)23)8-10-2-4-11(5-3-10)16(19)20;/h2-7,9H,8H2,1H3,(H3,19,20);1H. The van der Waals surface area contributed by atoms with E-state index in [2.05, 4.69) is 20.9 Å². The SMILES string of the molecule is Cl.Cn1c(=O)c(Cc2ccc(C(=N)N)cc2)nc2cc(Br)ccc21. The molecule has 0 unspecified atom stereocenters. The van der Waals surface area contributed by atoms with Crippen molar-refractivity contribution in [2.75, 3.05) is 0 Å². The highest BCUT2D eigenvalue weighted by Gasteiger charge is 2.10. The van der Waals surface area contributed by atoms with Crippen LogP contribution in [0.2, 0.25) is 0 Å². The van der Waals surface area contributed by atoms with Crippen molar-refractivity contribution in [3.8, 4) is 0 Å². The zero-order chi connectivity index (χ0) is 16.6.